The molecule has 0 amide bonds. The van der Waals surface area contributed by atoms with Crippen molar-refractivity contribution in [2.45, 2.75) is 64.0 Å². The van der Waals surface area contributed by atoms with Crippen molar-refractivity contribution in [2.24, 2.45) is 11.7 Å². The molecule has 2 nitrogen and oxygen atoms in total. The molecule has 1 aromatic carbocycles. The Morgan fingerprint density at radius 1 is 1.24 bits per heavy atom. The summed E-state index contributed by atoms with van der Waals surface area (Å²) in [6.07, 6.45) is 7.62. The second-order valence-electron chi connectivity index (χ2n) is 7.48. The molecule has 0 aliphatic heterocycles. The molecule has 2 heteroatoms. The van der Waals surface area contributed by atoms with Gasteiger partial charge in [0.05, 0.1) is 0 Å². The minimum absolute atomic E-state index is 0.213. The number of aryl methyl sites for hydroxylation is 1. The van der Waals surface area contributed by atoms with Gasteiger partial charge >= 0.3 is 0 Å². The summed E-state index contributed by atoms with van der Waals surface area (Å²) in [5, 5.41) is 0. The third-order valence-corrected chi connectivity index (χ3v) is 5.42. The zero-order chi connectivity index (χ0) is 14.9. The van der Waals surface area contributed by atoms with E-state index >= 15 is 0 Å². The van der Waals surface area contributed by atoms with Crippen LogP contribution in [0.3, 0.4) is 0 Å². The summed E-state index contributed by atoms with van der Waals surface area (Å²) in [6, 6.07) is 9.77. The lowest BCUT2D eigenvalue weighted by Gasteiger charge is -2.47. The molecule has 2 aliphatic carbocycles. The third-order valence-electron chi connectivity index (χ3n) is 5.42. The van der Waals surface area contributed by atoms with Crippen molar-refractivity contribution in [3.05, 3.63) is 35.4 Å². The summed E-state index contributed by atoms with van der Waals surface area (Å²) in [4.78, 5) is 2.79. The van der Waals surface area contributed by atoms with Gasteiger partial charge in [0.25, 0.3) is 0 Å². The molecule has 0 spiro atoms. The standard InChI is InChI=1S/C19H30N2/c1-15(2)10-12-21(18-7-8-18)19(14-20)11-9-16-5-3-4-6-17(16)13-19/h3-6,15,18H,7-14,20H2,1-2H3. The molecule has 21 heavy (non-hydrogen) atoms. The molecule has 0 heterocycles. The minimum atomic E-state index is 0.213. The maximum atomic E-state index is 6.33. The van der Waals surface area contributed by atoms with E-state index in [0.29, 0.717) is 0 Å². The van der Waals surface area contributed by atoms with Crippen molar-refractivity contribution in [2.75, 3.05) is 13.1 Å². The Labute approximate surface area is 129 Å². The van der Waals surface area contributed by atoms with Gasteiger partial charge < -0.3 is 5.73 Å². The van der Waals surface area contributed by atoms with Crippen LogP contribution < -0.4 is 5.73 Å². The summed E-state index contributed by atoms with van der Waals surface area (Å²) in [5.41, 5.74) is 9.61. The number of benzene rings is 1. The Kier molecular flexibility index (Phi) is 4.37. The highest BCUT2D eigenvalue weighted by Gasteiger charge is 2.44. The van der Waals surface area contributed by atoms with E-state index in [1.807, 2.05) is 0 Å². The lowest BCUT2D eigenvalue weighted by atomic mass is 9.76. The summed E-state index contributed by atoms with van der Waals surface area (Å²) < 4.78 is 0. The van der Waals surface area contributed by atoms with Crippen molar-refractivity contribution in [3.8, 4) is 0 Å². The fourth-order valence-electron chi connectivity index (χ4n) is 3.91. The van der Waals surface area contributed by atoms with Crippen LogP contribution >= 0.6 is 0 Å². The molecule has 1 unspecified atom stereocenters. The van der Waals surface area contributed by atoms with Crippen LogP contribution in [-0.4, -0.2) is 29.6 Å². The summed E-state index contributed by atoms with van der Waals surface area (Å²) in [5.74, 6) is 0.775. The van der Waals surface area contributed by atoms with Crippen LogP contribution in [0.15, 0.2) is 24.3 Å². The van der Waals surface area contributed by atoms with Crippen molar-refractivity contribution < 1.29 is 0 Å². The summed E-state index contributed by atoms with van der Waals surface area (Å²) in [6.45, 7) is 6.68. The number of nitrogens with two attached hydrogens (primary N) is 1. The molecule has 0 bridgehead atoms. The SMILES string of the molecule is CC(C)CCN(C1CC1)C1(CN)CCc2ccccc2C1. The molecule has 0 aromatic heterocycles. The van der Waals surface area contributed by atoms with Crippen LogP contribution in [0.25, 0.3) is 0 Å². The van der Waals surface area contributed by atoms with Crippen molar-refractivity contribution in [3.63, 3.8) is 0 Å². The third kappa shape index (κ3) is 3.17. The van der Waals surface area contributed by atoms with Gasteiger partial charge in [-0.25, -0.2) is 0 Å². The average Bonchev–Trinajstić information content (AvgIpc) is 3.31. The minimum Gasteiger partial charge on any atom is -0.329 e. The molecule has 1 saturated carbocycles. The van der Waals surface area contributed by atoms with E-state index in [4.69, 9.17) is 5.73 Å². The maximum absolute atomic E-state index is 6.33. The highest BCUT2D eigenvalue weighted by atomic mass is 15.3. The first kappa shape index (κ1) is 15.1. The number of hydrogen-bond acceptors (Lipinski definition) is 2. The van der Waals surface area contributed by atoms with Gasteiger partial charge in [0.15, 0.2) is 0 Å². The van der Waals surface area contributed by atoms with E-state index in [2.05, 4.69) is 43.0 Å². The normalized spacial score (nSPS) is 25.4. The largest absolute Gasteiger partial charge is 0.329 e. The Hall–Kier alpha value is -0.860. The van der Waals surface area contributed by atoms with Gasteiger partial charge in [0.2, 0.25) is 0 Å². The summed E-state index contributed by atoms with van der Waals surface area (Å²) >= 11 is 0. The van der Waals surface area contributed by atoms with Gasteiger partial charge in [-0.05, 0) is 62.1 Å². The molecule has 1 fully saturated rings. The van der Waals surface area contributed by atoms with Crippen LogP contribution in [0.1, 0.15) is 50.7 Å². The van der Waals surface area contributed by atoms with Crippen molar-refractivity contribution >= 4 is 0 Å². The highest BCUT2D eigenvalue weighted by Crippen LogP contribution is 2.40. The molecule has 1 atom stereocenters. The summed E-state index contributed by atoms with van der Waals surface area (Å²) in [7, 11) is 0. The zero-order valence-corrected chi connectivity index (χ0v) is 13.6. The fraction of sp³-hybridized carbons (Fsp3) is 0.684. The topological polar surface area (TPSA) is 29.3 Å². The van der Waals surface area contributed by atoms with Gasteiger partial charge in [-0.3, -0.25) is 4.90 Å². The lowest BCUT2D eigenvalue weighted by Crippen LogP contribution is -2.58. The van der Waals surface area contributed by atoms with Gasteiger partial charge in [0, 0.05) is 18.1 Å². The predicted molar refractivity (Wildman–Crippen MR) is 89.4 cm³/mol. The second-order valence-corrected chi connectivity index (χ2v) is 7.48. The first-order valence-corrected chi connectivity index (χ1v) is 8.68. The lowest BCUT2D eigenvalue weighted by molar-refractivity contribution is 0.0656. The van der Waals surface area contributed by atoms with Crippen LogP contribution in [0.2, 0.25) is 0 Å². The van der Waals surface area contributed by atoms with E-state index < -0.39 is 0 Å². The fourth-order valence-corrected chi connectivity index (χ4v) is 3.91. The van der Waals surface area contributed by atoms with Crippen LogP contribution in [-0.2, 0) is 12.8 Å². The van der Waals surface area contributed by atoms with Crippen LogP contribution in [0, 0.1) is 5.92 Å². The molecule has 1 aromatic rings. The predicted octanol–water partition coefficient (Wildman–Crippen LogP) is 3.38. The van der Waals surface area contributed by atoms with E-state index in [9.17, 15) is 0 Å². The molecular formula is C19H30N2. The van der Waals surface area contributed by atoms with Gasteiger partial charge in [0.1, 0.15) is 0 Å². The van der Waals surface area contributed by atoms with Crippen LogP contribution in [0.5, 0.6) is 0 Å². The highest BCUT2D eigenvalue weighted by molar-refractivity contribution is 5.32. The van der Waals surface area contributed by atoms with Crippen molar-refractivity contribution in [1.82, 2.24) is 4.90 Å². The van der Waals surface area contributed by atoms with Crippen molar-refractivity contribution in [1.29, 1.82) is 0 Å². The number of nitrogens with zero attached hydrogens (tertiary/aromatic N) is 1. The van der Waals surface area contributed by atoms with E-state index in [1.54, 1.807) is 5.56 Å². The Bertz CT molecular complexity index is 478. The first-order valence-electron chi connectivity index (χ1n) is 8.68. The smallest absolute Gasteiger partial charge is 0.0378 e. The van der Waals surface area contributed by atoms with Gasteiger partial charge in [-0.2, -0.15) is 0 Å². The van der Waals surface area contributed by atoms with E-state index in [-0.39, 0.29) is 5.54 Å². The Morgan fingerprint density at radius 2 is 1.95 bits per heavy atom. The maximum Gasteiger partial charge on any atom is 0.0378 e. The Morgan fingerprint density at radius 3 is 2.57 bits per heavy atom. The first-order chi connectivity index (χ1) is 10.1. The van der Waals surface area contributed by atoms with Crippen LogP contribution in [0.4, 0.5) is 0 Å². The molecular weight excluding hydrogens is 256 g/mol. The number of hydrogen-bond donors (Lipinski definition) is 1. The Balaban J connectivity index is 1.82. The van der Waals surface area contributed by atoms with Gasteiger partial charge in [-0.15, -0.1) is 0 Å². The number of fused-ring (bicyclic) bond motifs is 1. The zero-order valence-electron chi connectivity index (χ0n) is 13.6. The molecule has 0 saturated heterocycles. The molecule has 2 aliphatic rings. The van der Waals surface area contributed by atoms with E-state index in [0.717, 1.165) is 24.9 Å². The molecule has 0 radical (unpaired) electrons. The second kappa shape index (κ2) is 6.10. The molecule has 3 rings (SSSR count). The average molecular weight is 286 g/mol. The monoisotopic (exact) mass is 286 g/mol. The van der Waals surface area contributed by atoms with Gasteiger partial charge in [-0.1, -0.05) is 38.1 Å². The molecule has 2 N–H and O–H groups in total. The number of rotatable bonds is 6. The quantitative estimate of drug-likeness (QED) is 0.868. The molecule has 116 valence electrons. The van der Waals surface area contributed by atoms with E-state index in [1.165, 1.54) is 44.2 Å².